The van der Waals surface area contributed by atoms with Gasteiger partial charge in [0.05, 0.1) is 5.69 Å². The molecule has 0 radical (unpaired) electrons. The van der Waals surface area contributed by atoms with Gasteiger partial charge in [0.15, 0.2) is 0 Å². The highest BCUT2D eigenvalue weighted by molar-refractivity contribution is 5.21. The van der Waals surface area contributed by atoms with Gasteiger partial charge in [-0.1, -0.05) is 0 Å². The van der Waals surface area contributed by atoms with Crippen LogP contribution in [0, 0.1) is 0 Å². The maximum absolute atomic E-state index is 13.0. The Morgan fingerprint density at radius 2 is 2.21 bits per heavy atom. The van der Waals surface area contributed by atoms with Crippen molar-refractivity contribution < 1.29 is 17.9 Å². The Morgan fingerprint density at radius 1 is 1.42 bits per heavy atom. The average molecular weight is 277 g/mol. The van der Waals surface area contributed by atoms with Crippen LogP contribution in [0.3, 0.4) is 0 Å². The number of imidazole rings is 1. The van der Waals surface area contributed by atoms with Gasteiger partial charge >= 0.3 is 6.18 Å². The molecule has 1 N–H and O–H groups in total. The minimum atomic E-state index is -4.40. The van der Waals surface area contributed by atoms with E-state index < -0.39 is 12.0 Å². The van der Waals surface area contributed by atoms with E-state index in [2.05, 4.69) is 10.3 Å². The van der Waals surface area contributed by atoms with Gasteiger partial charge in [-0.15, -0.1) is 0 Å². The van der Waals surface area contributed by atoms with Gasteiger partial charge in [0, 0.05) is 45.0 Å². The molecule has 1 aromatic rings. The van der Waals surface area contributed by atoms with Crippen LogP contribution in [0.25, 0.3) is 0 Å². The summed E-state index contributed by atoms with van der Waals surface area (Å²) < 4.78 is 45.4. The molecule has 0 saturated heterocycles. The average Bonchev–Trinajstić information content (AvgIpc) is 2.74. The van der Waals surface area contributed by atoms with Crippen molar-refractivity contribution in [1.29, 1.82) is 0 Å². The van der Waals surface area contributed by atoms with Gasteiger partial charge in [0.1, 0.15) is 0 Å². The van der Waals surface area contributed by atoms with Gasteiger partial charge in [0.25, 0.3) is 0 Å². The Bertz CT molecular complexity index is 429. The van der Waals surface area contributed by atoms with E-state index >= 15 is 0 Å². The topological polar surface area (TPSA) is 39.1 Å². The van der Waals surface area contributed by atoms with E-state index in [0.717, 1.165) is 0 Å². The number of rotatable bonds is 5. The van der Waals surface area contributed by atoms with E-state index in [0.29, 0.717) is 57.1 Å². The summed E-state index contributed by atoms with van der Waals surface area (Å²) in [5, 5.41) is 3.04. The first-order chi connectivity index (χ1) is 9.04. The number of ether oxygens (including phenoxy) is 1. The molecule has 1 aromatic heterocycles. The van der Waals surface area contributed by atoms with Crippen LogP contribution >= 0.6 is 0 Å². The molecule has 19 heavy (non-hydrogen) atoms. The van der Waals surface area contributed by atoms with E-state index in [1.807, 2.05) is 6.92 Å². The van der Waals surface area contributed by atoms with Crippen LogP contribution in [0.15, 0.2) is 0 Å². The lowest BCUT2D eigenvalue weighted by Crippen LogP contribution is -2.25. The maximum Gasteiger partial charge on any atom is 0.449 e. The highest BCUT2D eigenvalue weighted by Crippen LogP contribution is 2.31. The van der Waals surface area contributed by atoms with Crippen LogP contribution < -0.4 is 5.32 Å². The van der Waals surface area contributed by atoms with Crippen molar-refractivity contribution in [1.82, 2.24) is 14.9 Å². The molecule has 2 heterocycles. The third-order valence-corrected chi connectivity index (χ3v) is 3.11. The number of nitrogens with one attached hydrogen (secondary N) is 1. The van der Waals surface area contributed by atoms with Crippen molar-refractivity contribution in [3.8, 4) is 0 Å². The second-order valence-corrected chi connectivity index (χ2v) is 4.46. The van der Waals surface area contributed by atoms with Crippen LogP contribution in [0.4, 0.5) is 13.2 Å². The Labute approximate surface area is 110 Å². The lowest BCUT2D eigenvalue weighted by molar-refractivity contribution is -0.147. The monoisotopic (exact) mass is 277 g/mol. The van der Waals surface area contributed by atoms with Gasteiger partial charge in [-0.25, -0.2) is 4.98 Å². The van der Waals surface area contributed by atoms with Gasteiger partial charge in [0.2, 0.25) is 5.82 Å². The number of halogens is 3. The SMILES string of the molecule is CCOCCCn1c(C(F)(F)F)nc2c1CCNC2. The molecule has 2 rings (SSSR count). The molecular weight excluding hydrogens is 259 g/mol. The number of hydrogen-bond donors (Lipinski definition) is 1. The first-order valence-electron chi connectivity index (χ1n) is 6.48. The number of alkyl halides is 3. The van der Waals surface area contributed by atoms with Gasteiger partial charge in [-0.2, -0.15) is 13.2 Å². The minimum Gasteiger partial charge on any atom is -0.382 e. The molecule has 0 unspecified atom stereocenters. The van der Waals surface area contributed by atoms with Gasteiger partial charge in [-0.3, -0.25) is 0 Å². The molecular formula is C12H18F3N3O. The van der Waals surface area contributed by atoms with E-state index in [1.165, 1.54) is 4.57 Å². The van der Waals surface area contributed by atoms with E-state index in [9.17, 15) is 13.2 Å². The molecule has 7 heteroatoms. The van der Waals surface area contributed by atoms with Crippen LogP contribution in [0.2, 0.25) is 0 Å². The third kappa shape index (κ3) is 3.27. The van der Waals surface area contributed by atoms with Crippen molar-refractivity contribution in [3.05, 3.63) is 17.2 Å². The fraction of sp³-hybridized carbons (Fsp3) is 0.750. The summed E-state index contributed by atoms with van der Waals surface area (Å²) in [5.41, 5.74) is 1.23. The molecule has 0 aromatic carbocycles. The summed E-state index contributed by atoms with van der Waals surface area (Å²) in [4.78, 5) is 3.76. The van der Waals surface area contributed by atoms with Crippen molar-refractivity contribution in [2.24, 2.45) is 0 Å². The molecule has 0 atom stereocenters. The first kappa shape index (κ1) is 14.3. The van der Waals surface area contributed by atoms with Crippen molar-refractivity contribution in [2.75, 3.05) is 19.8 Å². The highest BCUT2D eigenvalue weighted by Gasteiger charge is 2.38. The molecule has 4 nitrogen and oxygen atoms in total. The quantitative estimate of drug-likeness (QED) is 0.836. The second kappa shape index (κ2) is 5.92. The second-order valence-electron chi connectivity index (χ2n) is 4.46. The molecule has 1 aliphatic rings. The van der Waals surface area contributed by atoms with Crippen LogP contribution in [0.1, 0.15) is 30.6 Å². The summed E-state index contributed by atoms with van der Waals surface area (Å²) in [6.45, 7) is 4.33. The van der Waals surface area contributed by atoms with E-state index in [1.54, 1.807) is 0 Å². The highest BCUT2D eigenvalue weighted by atomic mass is 19.4. The van der Waals surface area contributed by atoms with Crippen molar-refractivity contribution in [2.45, 2.75) is 39.0 Å². The Kier molecular flexibility index (Phi) is 4.46. The molecule has 1 aliphatic heterocycles. The zero-order chi connectivity index (χ0) is 13.9. The normalized spacial score (nSPS) is 15.6. The summed E-state index contributed by atoms with van der Waals surface area (Å²) >= 11 is 0. The zero-order valence-electron chi connectivity index (χ0n) is 10.9. The van der Waals surface area contributed by atoms with Gasteiger partial charge < -0.3 is 14.6 Å². The lowest BCUT2D eigenvalue weighted by atomic mass is 10.2. The number of nitrogens with zero attached hydrogens (tertiary/aromatic N) is 2. The van der Waals surface area contributed by atoms with Crippen LogP contribution in [0.5, 0.6) is 0 Å². The Balaban J connectivity index is 2.20. The summed E-state index contributed by atoms with van der Waals surface area (Å²) in [6.07, 6.45) is -3.25. The Hall–Kier alpha value is -1.08. The predicted octanol–water partition coefficient (Wildman–Crippen LogP) is 1.97. The largest absolute Gasteiger partial charge is 0.449 e. The molecule has 0 spiro atoms. The molecule has 0 fully saturated rings. The molecule has 108 valence electrons. The fourth-order valence-corrected chi connectivity index (χ4v) is 2.30. The lowest BCUT2D eigenvalue weighted by Gasteiger charge is -2.16. The van der Waals surface area contributed by atoms with Gasteiger partial charge in [-0.05, 0) is 13.3 Å². The standard InChI is InChI=1S/C12H18F3N3O/c1-2-19-7-3-6-18-10-4-5-16-8-9(10)17-11(18)12(13,14)15/h16H,2-8H2,1H3. The smallest absolute Gasteiger partial charge is 0.382 e. The molecule has 0 bridgehead atoms. The van der Waals surface area contributed by atoms with Crippen molar-refractivity contribution >= 4 is 0 Å². The third-order valence-electron chi connectivity index (χ3n) is 3.11. The predicted molar refractivity (Wildman–Crippen MR) is 63.7 cm³/mol. The first-order valence-corrected chi connectivity index (χ1v) is 6.48. The molecule has 0 saturated carbocycles. The zero-order valence-corrected chi connectivity index (χ0v) is 10.9. The van der Waals surface area contributed by atoms with Crippen LogP contribution in [-0.2, 0) is 30.4 Å². The summed E-state index contributed by atoms with van der Waals surface area (Å²) in [5.74, 6) is -0.780. The minimum absolute atomic E-state index is 0.303. The molecule has 0 aliphatic carbocycles. The Morgan fingerprint density at radius 3 is 2.89 bits per heavy atom. The van der Waals surface area contributed by atoms with Crippen LogP contribution in [-0.4, -0.2) is 29.3 Å². The number of fused-ring (bicyclic) bond motifs is 1. The fourth-order valence-electron chi connectivity index (χ4n) is 2.30. The molecule has 0 amide bonds. The van der Waals surface area contributed by atoms with Crippen molar-refractivity contribution in [3.63, 3.8) is 0 Å². The number of aromatic nitrogens is 2. The van der Waals surface area contributed by atoms with E-state index in [-0.39, 0.29) is 0 Å². The number of hydrogen-bond acceptors (Lipinski definition) is 3. The summed E-state index contributed by atoms with van der Waals surface area (Å²) in [6, 6.07) is 0. The maximum atomic E-state index is 13.0. The van der Waals surface area contributed by atoms with E-state index in [4.69, 9.17) is 4.74 Å². The summed E-state index contributed by atoms with van der Waals surface area (Å²) in [7, 11) is 0.